The fraction of sp³-hybridized carbons (Fsp3) is 1.00. The van der Waals surface area contributed by atoms with Gasteiger partial charge in [-0.1, -0.05) is 0 Å². The first-order valence-corrected chi connectivity index (χ1v) is 5.26. The van der Waals surface area contributed by atoms with Crippen LogP contribution in [-0.4, -0.2) is 96.5 Å². The van der Waals surface area contributed by atoms with E-state index in [1.807, 2.05) is 0 Å². The maximum Gasteiger partial charge on any atom is 0.229 e. The van der Waals surface area contributed by atoms with E-state index in [2.05, 4.69) is 0 Å². The quantitative estimate of drug-likeness (QED) is 0.249. The molecule has 1 heterocycles. The zero-order chi connectivity index (χ0) is 14.1. The smallest absolute Gasteiger partial charge is 0.229 e. The van der Waals surface area contributed by atoms with Gasteiger partial charge in [0, 0.05) is 0 Å². The van der Waals surface area contributed by atoms with Crippen molar-refractivity contribution in [1.82, 2.24) is 0 Å². The Kier molecular flexibility index (Phi) is 4.65. The molecule has 0 aliphatic carbocycles. The molecule has 0 unspecified atom stereocenters. The third-order valence-electron chi connectivity index (χ3n) is 3.16. The molecule has 0 aromatic rings. The third-order valence-corrected chi connectivity index (χ3v) is 3.16. The van der Waals surface area contributed by atoms with Crippen LogP contribution in [0, 0.1) is 0 Å². The average Bonchev–Trinajstić information content (AvgIpc) is 2.39. The standard InChI is InChI=1S/C9H18O9/c10-1-4-5(13)6(14)7(15)9(17,18-4)8(16,2-11)3-12/h4-7,10-17H,1-3H2/t4-,5+,6+,7-,9+/m1/s1. The highest BCUT2D eigenvalue weighted by Crippen LogP contribution is 2.36. The van der Waals surface area contributed by atoms with Crippen molar-refractivity contribution in [2.45, 2.75) is 35.8 Å². The van der Waals surface area contributed by atoms with Crippen molar-refractivity contribution in [2.24, 2.45) is 0 Å². The second kappa shape index (κ2) is 5.33. The van der Waals surface area contributed by atoms with Crippen molar-refractivity contribution >= 4 is 0 Å². The predicted octanol–water partition coefficient (Wildman–Crippen LogP) is -5.14. The third kappa shape index (κ3) is 2.13. The molecular formula is C9H18O9. The first-order valence-electron chi connectivity index (χ1n) is 5.26. The van der Waals surface area contributed by atoms with E-state index in [1.54, 1.807) is 0 Å². The molecule has 0 radical (unpaired) electrons. The number of aliphatic hydroxyl groups excluding tert-OH is 6. The number of ether oxygens (including phenoxy) is 1. The number of hydrogen-bond donors (Lipinski definition) is 8. The van der Waals surface area contributed by atoms with Crippen LogP contribution in [0.15, 0.2) is 0 Å². The average molecular weight is 270 g/mol. The van der Waals surface area contributed by atoms with Gasteiger partial charge in [0.05, 0.1) is 19.8 Å². The summed E-state index contributed by atoms with van der Waals surface area (Å²) in [5.41, 5.74) is -2.68. The highest BCUT2D eigenvalue weighted by molar-refractivity contribution is 5.06. The van der Waals surface area contributed by atoms with Gasteiger partial charge in [-0.3, -0.25) is 0 Å². The monoisotopic (exact) mass is 270 g/mol. The Morgan fingerprint density at radius 1 is 1.00 bits per heavy atom. The molecule has 0 saturated carbocycles. The summed E-state index contributed by atoms with van der Waals surface area (Å²) < 4.78 is 4.74. The van der Waals surface area contributed by atoms with Crippen molar-refractivity contribution in [2.75, 3.05) is 19.8 Å². The zero-order valence-electron chi connectivity index (χ0n) is 9.42. The lowest BCUT2D eigenvalue weighted by Crippen LogP contribution is -2.75. The molecule has 18 heavy (non-hydrogen) atoms. The van der Waals surface area contributed by atoms with Gasteiger partial charge in [-0.15, -0.1) is 0 Å². The predicted molar refractivity (Wildman–Crippen MR) is 54.1 cm³/mol. The van der Waals surface area contributed by atoms with Crippen molar-refractivity contribution in [3.8, 4) is 0 Å². The largest absolute Gasteiger partial charge is 0.394 e. The molecule has 0 amide bonds. The normalized spacial score (nSPS) is 42.0. The topological polar surface area (TPSA) is 171 Å². The van der Waals surface area contributed by atoms with Crippen LogP contribution < -0.4 is 0 Å². The number of aliphatic hydroxyl groups is 8. The highest BCUT2D eigenvalue weighted by atomic mass is 16.7. The lowest BCUT2D eigenvalue weighted by molar-refractivity contribution is -0.407. The van der Waals surface area contributed by atoms with Crippen LogP contribution in [0.4, 0.5) is 0 Å². The Labute approximate surface area is 102 Å². The van der Waals surface area contributed by atoms with Gasteiger partial charge in [-0.25, -0.2) is 0 Å². The van der Waals surface area contributed by atoms with Crippen LogP contribution in [0.5, 0.6) is 0 Å². The summed E-state index contributed by atoms with van der Waals surface area (Å²) in [6.07, 6.45) is -7.34. The Morgan fingerprint density at radius 3 is 1.89 bits per heavy atom. The Hall–Kier alpha value is -0.360. The van der Waals surface area contributed by atoms with Crippen LogP contribution >= 0.6 is 0 Å². The van der Waals surface area contributed by atoms with Gasteiger partial charge in [-0.05, 0) is 0 Å². The molecule has 0 aromatic heterocycles. The van der Waals surface area contributed by atoms with Crippen LogP contribution in [0.3, 0.4) is 0 Å². The van der Waals surface area contributed by atoms with Gasteiger partial charge in [-0.2, -0.15) is 0 Å². The summed E-state index contributed by atoms with van der Waals surface area (Å²) in [5.74, 6) is -2.94. The van der Waals surface area contributed by atoms with E-state index >= 15 is 0 Å². The maximum atomic E-state index is 10.0. The van der Waals surface area contributed by atoms with Crippen molar-refractivity contribution in [1.29, 1.82) is 0 Å². The van der Waals surface area contributed by atoms with E-state index in [0.29, 0.717) is 0 Å². The van der Waals surface area contributed by atoms with Crippen molar-refractivity contribution in [3.05, 3.63) is 0 Å². The molecule has 0 spiro atoms. The molecule has 1 aliphatic heterocycles. The molecular weight excluding hydrogens is 252 g/mol. The second-order valence-electron chi connectivity index (χ2n) is 4.31. The summed E-state index contributed by atoms with van der Waals surface area (Å²) in [7, 11) is 0. The summed E-state index contributed by atoms with van der Waals surface area (Å²) in [4.78, 5) is 0. The molecule has 1 saturated heterocycles. The Balaban J connectivity index is 3.13. The van der Waals surface area contributed by atoms with Gasteiger partial charge >= 0.3 is 0 Å². The van der Waals surface area contributed by atoms with E-state index in [9.17, 15) is 25.5 Å². The fourth-order valence-corrected chi connectivity index (χ4v) is 1.82. The minimum absolute atomic E-state index is 0.819. The Bertz CT molecular complexity index is 279. The van der Waals surface area contributed by atoms with E-state index in [4.69, 9.17) is 20.1 Å². The minimum atomic E-state index is -2.94. The fourth-order valence-electron chi connectivity index (χ4n) is 1.82. The lowest BCUT2D eigenvalue weighted by atomic mass is 9.82. The molecule has 0 bridgehead atoms. The molecule has 1 rings (SSSR count). The molecule has 1 aliphatic rings. The molecule has 8 N–H and O–H groups in total. The minimum Gasteiger partial charge on any atom is -0.394 e. The summed E-state index contributed by atoms with van der Waals surface area (Å²) >= 11 is 0. The van der Waals surface area contributed by atoms with Crippen LogP contribution in [0.25, 0.3) is 0 Å². The summed E-state index contributed by atoms with van der Waals surface area (Å²) in [6.45, 7) is -3.18. The van der Waals surface area contributed by atoms with Crippen molar-refractivity contribution in [3.63, 3.8) is 0 Å². The maximum absolute atomic E-state index is 10.0. The molecule has 108 valence electrons. The lowest BCUT2D eigenvalue weighted by Gasteiger charge is -2.51. The zero-order valence-corrected chi connectivity index (χ0v) is 9.42. The molecule has 5 atom stereocenters. The van der Waals surface area contributed by atoms with Gasteiger partial charge in [0.15, 0.2) is 5.60 Å². The Morgan fingerprint density at radius 2 is 1.50 bits per heavy atom. The number of hydrogen-bond acceptors (Lipinski definition) is 9. The van der Waals surface area contributed by atoms with Gasteiger partial charge in [0.2, 0.25) is 5.79 Å². The van der Waals surface area contributed by atoms with Crippen LogP contribution in [0.1, 0.15) is 0 Å². The molecule has 9 heteroatoms. The van der Waals surface area contributed by atoms with E-state index in [1.165, 1.54) is 0 Å². The van der Waals surface area contributed by atoms with Gasteiger partial charge in [0.1, 0.15) is 24.4 Å². The second-order valence-corrected chi connectivity index (χ2v) is 4.31. The highest BCUT2D eigenvalue weighted by Gasteiger charge is 2.63. The van der Waals surface area contributed by atoms with Gasteiger partial charge in [0.25, 0.3) is 0 Å². The van der Waals surface area contributed by atoms with E-state index in [0.717, 1.165) is 0 Å². The first-order chi connectivity index (χ1) is 8.27. The molecule has 0 aromatic carbocycles. The van der Waals surface area contributed by atoms with Gasteiger partial charge < -0.3 is 45.6 Å². The van der Waals surface area contributed by atoms with E-state index < -0.39 is 55.6 Å². The van der Waals surface area contributed by atoms with Crippen LogP contribution in [-0.2, 0) is 4.74 Å². The number of rotatable bonds is 4. The SMILES string of the molecule is OC[C@H]1O[C@](O)(C(O)(CO)CO)[C@H](O)[C@@H](O)[C@H]1O. The summed E-state index contributed by atoms with van der Waals surface area (Å²) in [6, 6.07) is 0. The molecule has 9 nitrogen and oxygen atoms in total. The van der Waals surface area contributed by atoms with Crippen LogP contribution in [0.2, 0.25) is 0 Å². The molecule has 1 fully saturated rings. The summed E-state index contributed by atoms with van der Waals surface area (Å²) in [5, 5.41) is 75.2. The van der Waals surface area contributed by atoms with E-state index in [-0.39, 0.29) is 0 Å². The van der Waals surface area contributed by atoms with Crippen molar-refractivity contribution < 1.29 is 45.6 Å². The first kappa shape index (κ1) is 15.7.